The predicted octanol–water partition coefficient (Wildman–Crippen LogP) is 2.30. The number of nitrogens with one attached hydrogen (secondary N) is 1. The van der Waals surface area contributed by atoms with Crippen molar-refractivity contribution in [3.05, 3.63) is 65.7 Å². The second-order valence-corrected chi connectivity index (χ2v) is 7.10. The van der Waals surface area contributed by atoms with Gasteiger partial charge in [0.2, 0.25) is 10.0 Å². The van der Waals surface area contributed by atoms with E-state index in [0.717, 1.165) is 18.2 Å². The van der Waals surface area contributed by atoms with E-state index in [4.69, 9.17) is 0 Å². The van der Waals surface area contributed by atoms with Gasteiger partial charge in [-0.3, -0.25) is 0 Å². The molecule has 0 amide bonds. The van der Waals surface area contributed by atoms with Gasteiger partial charge in [-0.05, 0) is 52.9 Å². The number of sulfonamides is 1. The minimum absolute atomic E-state index is 0.0668. The zero-order valence-electron chi connectivity index (χ0n) is 13.4. The first kappa shape index (κ1) is 18.9. The highest BCUT2D eigenvalue weighted by Crippen LogP contribution is 2.30. The van der Waals surface area contributed by atoms with E-state index in [2.05, 4.69) is 20.2 Å². The summed E-state index contributed by atoms with van der Waals surface area (Å²) < 4.78 is 79.2. The number of benzene rings is 2. The number of tetrazole rings is 1. The number of nitrogens with zero attached hydrogens (tertiary/aromatic N) is 4. The topological polar surface area (TPSA) is 89.8 Å². The third-order valence-corrected chi connectivity index (χ3v) is 4.90. The molecule has 0 aliphatic heterocycles. The Labute approximate surface area is 150 Å². The third kappa shape index (κ3) is 4.28. The van der Waals surface area contributed by atoms with Crippen LogP contribution in [0.25, 0.3) is 5.69 Å². The zero-order valence-corrected chi connectivity index (χ0v) is 14.2. The number of hydrogen-bond donors (Lipinski definition) is 1. The van der Waals surface area contributed by atoms with Crippen molar-refractivity contribution >= 4 is 10.0 Å². The van der Waals surface area contributed by atoms with Crippen LogP contribution in [0, 0.1) is 5.82 Å². The summed E-state index contributed by atoms with van der Waals surface area (Å²) in [5, 5.41) is 10.8. The molecule has 1 aromatic heterocycles. The van der Waals surface area contributed by atoms with Gasteiger partial charge < -0.3 is 0 Å². The van der Waals surface area contributed by atoms with Crippen LogP contribution in [-0.2, 0) is 22.7 Å². The maximum Gasteiger partial charge on any atom is 0.416 e. The van der Waals surface area contributed by atoms with Crippen LogP contribution in [0.4, 0.5) is 17.6 Å². The second kappa shape index (κ2) is 7.04. The Morgan fingerprint density at radius 3 is 2.44 bits per heavy atom. The van der Waals surface area contributed by atoms with Gasteiger partial charge in [0.25, 0.3) is 0 Å². The van der Waals surface area contributed by atoms with Gasteiger partial charge in [0.05, 0.1) is 22.7 Å². The van der Waals surface area contributed by atoms with E-state index in [-0.39, 0.29) is 12.4 Å². The van der Waals surface area contributed by atoms with E-state index in [1.807, 2.05) is 0 Å². The minimum Gasteiger partial charge on any atom is -0.207 e. The fraction of sp³-hybridized carbons (Fsp3) is 0.133. The maximum absolute atomic E-state index is 13.0. The molecule has 0 aliphatic carbocycles. The molecule has 7 nitrogen and oxygen atoms in total. The third-order valence-electron chi connectivity index (χ3n) is 3.50. The molecule has 142 valence electrons. The lowest BCUT2D eigenvalue weighted by Crippen LogP contribution is -2.25. The molecule has 2 aromatic carbocycles. The van der Waals surface area contributed by atoms with Crippen LogP contribution < -0.4 is 4.72 Å². The van der Waals surface area contributed by atoms with Crippen molar-refractivity contribution in [1.29, 1.82) is 0 Å². The Hall–Kier alpha value is -2.86. The molecular weight excluding hydrogens is 390 g/mol. The Kier molecular flexibility index (Phi) is 4.93. The van der Waals surface area contributed by atoms with Crippen LogP contribution in [0.5, 0.6) is 0 Å². The van der Waals surface area contributed by atoms with Gasteiger partial charge in [-0.2, -0.15) is 17.9 Å². The number of halogens is 4. The highest BCUT2D eigenvalue weighted by Gasteiger charge is 2.31. The quantitative estimate of drug-likeness (QED) is 0.663. The molecule has 1 heterocycles. The molecule has 0 bridgehead atoms. The number of hydrogen-bond acceptors (Lipinski definition) is 5. The summed E-state index contributed by atoms with van der Waals surface area (Å²) in [6, 6.07) is 8.47. The van der Waals surface area contributed by atoms with E-state index in [0.29, 0.717) is 11.8 Å². The lowest BCUT2D eigenvalue weighted by Gasteiger charge is -2.10. The van der Waals surface area contributed by atoms with Crippen LogP contribution in [0.1, 0.15) is 11.4 Å². The minimum atomic E-state index is -4.67. The summed E-state index contributed by atoms with van der Waals surface area (Å²) >= 11 is 0. The van der Waals surface area contributed by atoms with Gasteiger partial charge in [0, 0.05) is 0 Å². The smallest absolute Gasteiger partial charge is 0.207 e. The summed E-state index contributed by atoms with van der Waals surface area (Å²) in [5.41, 5.74) is -0.698. The summed E-state index contributed by atoms with van der Waals surface area (Å²) in [6.07, 6.45) is -4.67. The van der Waals surface area contributed by atoms with Crippen molar-refractivity contribution in [3.63, 3.8) is 0 Å². The largest absolute Gasteiger partial charge is 0.416 e. The molecule has 0 unspecified atom stereocenters. The summed E-state index contributed by atoms with van der Waals surface area (Å²) in [7, 11) is -4.24. The summed E-state index contributed by atoms with van der Waals surface area (Å²) in [5.74, 6) is -0.407. The average molecular weight is 401 g/mol. The molecule has 12 heteroatoms. The first-order chi connectivity index (χ1) is 12.7. The zero-order chi connectivity index (χ0) is 19.7. The molecule has 0 saturated heterocycles. The molecule has 0 spiro atoms. The molecule has 0 radical (unpaired) electrons. The lowest BCUT2D eigenvalue weighted by molar-refractivity contribution is -0.137. The van der Waals surface area contributed by atoms with E-state index in [1.165, 1.54) is 28.9 Å². The van der Waals surface area contributed by atoms with E-state index in [1.54, 1.807) is 0 Å². The molecular formula is C15H11F4N5O2S. The Morgan fingerprint density at radius 2 is 1.78 bits per heavy atom. The Balaban J connectivity index is 1.81. The van der Waals surface area contributed by atoms with Crippen LogP contribution in [-0.4, -0.2) is 28.6 Å². The van der Waals surface area contributed by atoms with Gasteiger partial charge in [-0.1, -0.05) is 6.07 Å². The molecule has 1 N–H and O–H groups in total. The number of aromatic nitrogens is 4. The highest BCUT2D eigenvalue weighted by atomic mass is 32.2. The van der Waals surface area contributed by atoms with Crippen LogP contribution in [0.2, 0.25) is 0 Å². The molecule has 0 saturated carbocycles. The van der Waals surface area contributed by atoms with Crippen molar-refractivity contribution in [2.45, 2.75) is 17.6 Å². The van der Waals surface area contributed by atoms with Crippen LogP contribution >= 0.6 is 0 Å². The maximum atomic E-state index is 13.0. The van der Waals surface area contributed by atoms with Gasteiger partial charge in [0.1, 0.15) is 5.82 Å². The normalized spacial score (nSPS) is 12.3. The van der Waals surface area contributed by atoms with Gasteiger partial charge in [-0.25, -0.2) is 17.5 Å². The monoisotopic (exact) mass is 401 g/mol. The van der Waals surface area contributed by atoms with Crippen LogP contribution in [0.15, 0.2) is 53.4 Å². The van der Waals surface area contributed by atoms with Gasteiger partial charge >= 0.3 is 6.18 Å². The summed E-state index contributed by atoms with van der Waals surface area (Å²) in [6.45, 7) is -0.386. The van der Waals surface area contributed by atoms with Gasteiger partial charge in [-0.15, -0.1) is 5.10 Å². The fourth-order valence-electron chi connectivity index (χ4n) is 2.18. The predicted molar refractivity (Wildman–Crippen MR) is 84.6 cm³/mol. The molecule has 0 fully saturated rings. The fourth-order valence-corrected chi connectivity index (χ4v) is 3.21. The Morgan fingerprint density at radius 1 is 1.07 bits per heavy atom. The molecule has 27 heavy (non-hydrogen) atoms. The van der Waals surface area contributed by atoms with Crippen molar-refractivity contribution < 1.29 is 26.0 Å². The molecule has 3 rings (SSSR count). The van der Waals surface area contributed by atoms with E-state index >= 15 is 0 Å². The molecule has 3 aromatic rings. The average Bonchev–Trinajstić information content (AvgIpc) is 3.09. The first-order valence-electron chi connectivity index (χ1n) is 7.37. The number of rotatable bonds is 5. The highest BCUT2D eigenvalue weighted by molar-refractivity contribution is 7.89. The van der Waals surface area contributed by atoms with E-state index < -0.39 is 32.5 Å². The molecule has 0 aliphatic rings. The van der Waals surface area contributed by atoms with Crippen molar-refractivity contribution in [2.24, 2.45) is 0 Å². The van der Waals surface area contributed by atoms with Crippen molar-refractivity contribution in [1.82, 2.24) is 24.9 Å². The lowest BCUT2D eigenvalue weighted by atomic mass is 10.2. The Bertz CT molecular complexity index is 1050. The van der Waals surface area contributed by atoms with Crippen molar-refractivity contribution in [3.8, 4) is 5.69 Å². The first-order valence-corrected chi connectivity index (χ1v) is 8.85. The van der Waals surface area contributed by atoms with Crippen LogP contribution in [0.3, 0.4) is 0 Å². The van der Waals surface area contributed by atoms with E-state index in [9.17, 15) is 26.0 Å². The summed E-state index contributed by atoms with van der Waals surface area (Å²) in [4.78, 5) is -0.543. The number of alkyl halides is 3. The molecule has 0 atom stereocenters. The van der Waals surface area contributed by atoms with Gasteiger partial charge in [0.15, 0.2) is 5.82 Å². The standard InChI is InChI=1S/C15H11F4N5O2S/c16-11-4-6-12(7-5-11)24-14(21-22-23-24)9-20-27(25,26)13-3-1-2-10(8-13)15(17,18)19/h1-8,20H,9H2. The van der Waals surface area contributed by atoms with Crippen molar-refractivity contribution in [2.75, 3.05) is 0 Å². The SMILES string of the molecule is O=S(=O)(NCc1nnnn1-c1ccc(F)cc1)c1cccc(C(F)(F)F)c1. The second-order valence-electron chi connectivity index (χ2n) is 5.33.